The van der Waals surface area contributed by atoms with Crippen LogP contribution in [0.3, 0.4) is 0 Å². The molecule has 0 unspecified atom stereocenters. The van der Waals surface area contributed by atoms with Crippen molar-refractivity contribution < 1.29 is 24.0 Å². The van der Waals surface area contributed by atoms with E-state index in [1.54, 1.807) is 0 Å². The molecule has 1 heterocycles. The molecule has 0 saturated carbocycles. The number of carbonyl (C=O) groups excluding carboxylic acids is 3. The smallest absolute Gasteiger partial charge is 0.298 e. The summed E-state index contributed by atoms with van der Waals surface area (Å²) in [6, 6.07) is 2.99. The fraction of sp³-hybridized carbons (Fsp3) is 0. The Bertz CT molecular complexity index is 580. The molecule has 1 aromatic rings. The Balaban J connectivity index is 2.67. The van der Waals surface area contributed by atoms with Gasteiger partial charge in [-0.1, -0.05) is 5.16 Å². The van der Waals surface area contributed by atoms with E-state index < -0.39 is 29.0 Å². The topological polar surface area (TPSA) is 95.8 Å². The lowest BCUT2D eigenvalue weighted by Crippen LogP contribution is -2.31. The molecule has 1 amide bonds. The summed E-state index contributed by atoms with van der Waals surface area (Å²) in [6.45, 7) is 0. The molecule has 1 aliphatic heterocycles. The van der Waals surface area contributed by atoms with Crippen molar-refractivity contribution >= 4 is 28.9 Å². The molecule has 0 aromatic heterocycles. The van der Waals surface area contributed by atoms with Gasteiger partial charge in [-0.15, -0.1) is 0 Å². The molecule has 0 saturated heterocycles. The van der Waals surface area contributed by atoms with Crippen LogP contribution in [0.2, 0.25) is 0 Å². The van der Waals surface area contributed by atoms with Gasteiger partial charge in [-0.25, -0.2) is 4.39 Å². The summed E-state index contributed by atoms with van der Waals surface area (Å²) < 4.78 is 12.9. The van der Waals surface area contributed by atoms with Crippen LogP contribution in [0.15, 0.2) is 23.4 Å². The minimum Gasteiger partial charge on any atom is -0.410 e. The predicted octanol–water partition coefficient (Wildman–Crippen LogP) is 0.360. The second-order valence-electron chi connectivity index (χ2n) is 3.25. The molecule has 86 valence electrons. The first-order chi connectivity index (χ1) is 8.04. The van der Waals surface area contributed by atoms with Crippen LogP contribution in [0.4, 0.5) is 10.1 Å². The molecule has 0 fully saturated rings. The zero-order valence-electron chi connectivity index (χ0n) is 8.23. The summed E-state index contributed by atoms with van der Waals surface area (Å²) in [6.07, 6.45) is 0. The van der Waals surface area contributed by atoms with E-state index in [0.29, 0.717) is 0 Å². The van der Waals surface area contributed by atoms with Crippen molar-refractivity contribution in [3.63, 3.8) is 0 Å². The third-order valence-corrected chi connectivity index (χ3v) is 2.21. The van der Waals surface area contributed by atoms with Gasteiger partial charge in [-0.2, -0.15) is 0 Å². The van der Waals surface area contributed by atoms with Gasteiger partial charge in [0, 0.05) is 5.56 Å². The molecular formula is C10H5FN2O4. The number of amides is 1. The number of hydrogen-bond donors (Lipinski definition) is 2. The van der Waals surface area contributed by atoms with Gasteiger partial charge in [0.1, 0.15) is 5.82 Å². The second-order valence-corrected chi connectivity index (χ2v) is 3.25. The number of oxime groups is 1. The lowest BCUT2D eigenvalue weighted by atomic mass is 10.0. The first kappa shape index (κ1) is 10.9. The van der Waals surface area contributed by atoms with Crippen molar-refractivity contribution in [2.75, 3.05) is 5.32 Å². The minimum absolute atomic E-state index is 0.113. The molecule has 0 spiro atoms. The van der Waals surface area contributed by atoms with Gasteiger partial charge in [0.15, 0.2) is 0 Å². The third-order valence-electron chi connectivity index (χ3n) is 2.21. The highest BCUT2D eigenvalue weighted by atomic mass is 19.1. The number of ketones is 2. The fourth-order valence-electron chi connectivity index (χ4n) is 1.43. The molecule has 0 bridgehead atoms. The number of hydrogen-bond acceptors (Lipinski definition) is 5. The van der Waals surface area contributed by atoms with Crippen molar-refractivity contribution in [3.8, 4) is 0 Å². The number of rotatable bonds is 0. The molecule has 1 aliphatic rings. The number of halogens is 1. The summed E-state index contributed by atoms with van der Waals surface area (Å²) in [5, 5.41) is 13.1. The average molecular weight is 236 g/mol. The zero-order valence-corrected chi connectivity index (χ0v) is 8.23. The van der Waals surface area contributed by atoms with Crippen molar-refractivity contribution in [2.45, 2.75) is 0 Å². The summed E-state index contributed by atoms with van der Waals surface area (Å²) in [7, 11) is 0. The third kappa shape index (κ3) is 1.67. The van der Waals surface area contributed by atoms with Crippen molar-refractivity contribution in [3.05, 3.63) is 29.6 Å². The largest absolute Gasteiger partial charge is 0.410 e. The second kappa shape index (κ2) is 3.78. The number of fused-ring (bicyclic) bond motifs is 1. The minimum atomic E-state index is -1.27. The van der Waals surface area contributed by atoms with E-state index >= 15 is 0 Å². The van der Waals surface area contributed by atoms with Crippen LogP contribution in [-0.4, -0.2) is 28.4 Å². The Morgan fingerprint density at radius 3 is 2.53 bits per heavy atom. The maximum Gasteiger partial charge on any atom is 0.298 e. The van der Waals surface area contributed by atoms with E-state index in [1.807, 2.05) is 0 Å². The Labute approximate surface area is 93.7 Å². The number of nitrogens with one attached hydrogen (secondary N) is 1. The molecule has 17 heavy (non-hydrogen) atoms. The summed E-state index contributed by atoms with van der Waals surface area (Å²) >= 11 is 0. The number of anilines is 1. The first-order valence-electron chi connectivity index (χ1n) is 4.46. The van der Waals surface area contributed by atoms with E-state index in [1.165, 1.54) is 0 Å². The predicted molar refractivity (Wildman–Crippen MR) is 53.6 cm³/mol. The van der Waals surface area contributed by atoms with Gasteiger partial charge >= 0.3 is 0 Å². The maximum atomic E-state index is 12.9. The average Bonchev–Trinajstić information content (AvgIpc) is 2.36. The summed E-state index contributed by atoms with van der Waals surface area (Å²) in [5.41, 5.74) is -1.14. The number of Topliss-reactive ketones (excluding diaryl/α,β-unsaturated/α-hetero) is 2. The molecule has 0 aliphatic carbocycles. The van der Waals surface area contributed by atoms with Gasteiger partial charge in [0.05, 0.1) is 5.69 Å². The summed E-state index contributed by atoms with van der Waals surface area (Å²) in [5.74, 6) is -4.04. The quantitative estimate of drug-likeness (QED) is 0.386. The normalized spacial score (nSPS) is 17.7. The highest BCUT2D eigenvalue weighted by Gasteiger charge is 2.34. The van der Waals surface area contributed by atoms with Gasteiger partial charge < -0.3 is 10.5 Å². The van der Waals surface area contributed by atoms with Crippen LogP contribution in [0, 0.1) is 5.82 Å². The molecule has 1 aromatic carbocycles. The van der Waals surface area contributed by atoms with E-state index in [4.69, 9.17) is 5.21 Å². The lowest BCUT2D eigenvalue weighted by Gasteiger charge is -2.03. The molecule has 2 N–H and O–H groups in total. The molecule has 0 radical (unpaired) electrons. The van der Waals surface area contributed by atoms with Gasteiger partial charge in [0.25, 0.3) is 11.7 Å². The molecule has 2 rings (SSSR count). The van der Waals surface area contributed by atoms with E-state index in [2.05, 4.69) is 10.5 Å². The first-order valence-corrected chi connectivity index (χ1v) is 4.46. The molecular weight excluding hydrogens is 231 g/mol. The SMILES string of the molecule is O=C1Nc2cc(F)ccc2C(=O)C(=NO)C1=O. The van der Waals surface area contributed by atoms with Crippen molar-refractivity contribution in [1.82, 2.24) is 0 Å². The van der Waals surface area contributed by atoms with Crippen LogP contribution in [-0.2, 0) is 9.59 Å². The van der Waals surface area contributed by atoms with Crippen molar-refractivity contribution in [1.29, 1.82) is 0 Å². The van der Waals surface area contributed by atoms with Crippen LogP contribution in [0.5, 0.6) is 0 Å². The van der Waals surface area contributed by atoms with Crippen LogP contribution >= 0.6 is 0 Å². The van der Waals surface area contributed by atoms with Crippen LogP contribution in [0.1, 0.15) is 10.4 Å². The van der Waals surface area contributed by atoms with E-state index in [9.17, 15) is 18.8 Å². The van der Waals surface area contributed by atoms with Gasteiger partial charge in [0.2, 0.25) is 11.5 Å². The number of carbonyl (C=O) groups is 3. The highest BCUT2D eigenvalue weighted by molar-refractivity contribution is 6.83. The zero-order chi connectivity index (χ0) is 12.6. The summed E-state index contributed by atoms with van der Waals surface area (Å²) in [4.78, 5) is 34.3. The van der Waals surface area contributed by atoms with E-state index in [0.717, 1.165) is 18.2 Å². The number of nitrogens with zero attached hydrogens (tertiary/aromatic N) is 1. The lowest BCUT2D eigenvalue weighted by molar-refractivity contribution is -0.130. The molecule has 7 heteroatoms. The molecule has 6 nitrogen and oxygen atoms in total. The Morgan fingerprint density at radius 2 is 1.88 bits per heavy atom. The maximum absolute atomic E-state index is 12.9. The fourth-order valence-corrected chi connectivity index (χ4v) is 1.43. The van der Waals surface area contributed by atoms with Crippen LogP contribution < -0.4 is 5.32 Å². The Kier molecular flexibility index (Phi) is 2.43. The van der Waals surface area contributed by atoms with Crippen molar-refractivity contribution in [2.24, 2.45) is 5.16 Å². The van der Waals surface area contributed by atoms with E-state index in [-0.39, 0.29) is 11.3 Å². The standard InChI is InChI=1S/C10H5FN2O4/c11-4-1-2-5-6(3-4)12-10(16)9(15)7(13-17)8(5)14/h1-3,17H,(H,12,16). The Hall–Kier alpha value is -2.57. The monoisotopic (exact) mass is 236 g/mol. The molecule has 0 atom stereocenters. The van der Waals surface area contributed by atoms with Gasteiger partial charge in [-0.05, 0) is 18.2 Å². The Morgan fingerprint density at radius 1 is 1.18 bits per heavy atom. The highest BCUT2D eigenvalue weighted by Crippen LogP contribution is 2.21. The number of benzene rings is 1. The van der Waals surface area contributed by atoms with Gasteiger partial charge in [-0.3, -0.25) is 14.4 Å². The van der Waals surface area contributed by atoms with Crippen LogP contribution in [0.25, 0.3) is 0 Å².